The van der Waals surface area contributed by atoms with Crippen molar-refractivity contribution in [1.82, 2.24) is 5.32 Å². The second kappa shape index (κ2) is 6.89. The lowest BCUT2D eigenvalue weighted by atomic mass is 9.94. The van der Waals surface area contributed by atoms with Gasteiger partial charge in [-0.2, -0.15) is 0 Å². The van der Waals surface area contributed by atoms with Crippen LogP contribution in [0.4, 0.5) is 10.5 Å². The van der Waals surface area contributed by atoms with Gasteiger partial charge >= 0.3 is 12.1 Å². The van der Waals surface area contributed by atoms with Gasteiger partial charge in [0.2, 0.25) is 0 Å². The lowest BCUT2D eigenvalue weighted by molar-refractivity contribution is -0.143. The maximum atomic E-state index is 12.0. The predicted molar refractivity (Wildman–Crippen MR) is 87.5 cm³/mol. The van der Waals surface area contributed by atoms with Crippen LogP contribution in [0.1, 0.15) is 38.7 Å². The van der Waals surface area contributed by atoms with E-state index in [1.165, 1.54) is 7.11 Å². The summed E-state index contributed by atoms with van der Waals surface area (Å²) >= 11 is 0. The molecular weight excluding hydrogens is 296 g/mol. The van der Waals surface area contributed by atoms with Crippen molar-refractivity contribution in [2.45, 2.75) is 44.8 Å². The molecule has 0 aromatic heterocycles. The van der Waals surface area contributed by atoms with Gasteiger partial charge in [-0.1, -0.05) is 18.2 Å². The third-order valence-electron chi connectivity index (χ3n) is 3.64. The summed E-state index contributed by atoms with van der Waals surface area (Å²) < 4.78 is 10.0. The Balaban J connectivity index is 2.05. The van der Waals surface area contributed by atoms with Crippen molar-refractivity contribution in [3.05, 3.63) is 29.8 Å². The van der Waals surface area contributed by atoms with Gasteiger partial charge in [0.15, 0.2) is 0 Å². The number of ether oxygens (including phenoxy) is 2. The summed E-state index contributed by atoms with van der Waals surface area (Å²) in [6.45, 7) is 6.05. The predicted octanol–water partition coefficient (Wildman–Crippen LogP) is 2.65. The van der Waals surface area contributed by atoms with Crippen LogP contribution in [-0.2, 0) is 14.3 Å². The Kier molecular flexibility index (Phi) is 5.13. The summed E-state index contributed by atoms with van der Waals surface area (Å²) in [5.74, 6) is -0.342. The van der Waals surface area contributed by atoms with E-state index >= 15 is 0 Å². The van der Waals surface area contributed by atoms with Crippen LogP contribution in [0.5, 0.6) is 0 Å². The average molecular weight is 320 g/mol. The molecule has 23 heavy (non-hydrogen) atoms. The molecule has 1 aliphatic heterocycles. The van der Waals surface area contributed by atoms with Gasteiger partial charge in [0, 0.05) is 18.2 Å². The number of esters is 1. The lowest BCUT2D eigenvalue weighted by Crippen LogP contribution is -2.44. The Bertz CT molecular complexity index is 580. The molecule has 1 heterocycles. The zero-order chi connectivity index (χ0) is 17.0. The molecule has 1 aliphatic rings. The molecule has 126 valence electrons. The molecule has 2 atom stereocenters. The molecule has 0 bridgehead atoms. The minimum Gasteiger partial charge on any atom is -0.467 e. The summed E-state index contributed by atoms with van der Waals surface area (Å²) in [5, 5.41) is 5.93. The summed E-state index contributed by atoms with van der Waals surface area (Å²) in [7, 11) is 1.31. The molecule has 1 aromatic carbocycles. The number of alkyl carbamates (subject to hydrolysis) is 1. The van der Waals surface area contributed by atoms with Crippen LogP contribution in [0.3, 0.4) is 0 Å². The minimum atomic E-state index is -0.743. The first-order valence-electron chi connectivity index (χ1n) is 7.70. The van der Waals surface area contributed by atoms with Gasteiger partial charge in [-0.15, -0.1) is 0 Å². The van der Waals surface area contributed by atoms with E-state index in [9.17, 15) is 9.59 Å². The van der Waals surface area contributed by atoms with E-state index in [-0.39, 0.29) is 5.92 Å². The number of benzene rings is 1. The average Bonchev–Trinajstić information content (AvgIpc) is 2.87. The highest BCUT2D eigenvalue weighted by Crippen LogP contribution is 2.34. The van der Waals surface area contributed by atoms with Crippen molar-refractivity contribution in [3.63, 3.8) is 0 Å². The van der Waals surface area contributed by atoms with E-state index in [4.69, 9.17) is 9.47 Å². The third-order valence-corrected chi connectivity index (χ3v) is 3.64. The van der Waals surface area contributed by atoms with Crippen LogP contribution >= 0.6 is 0 Å². The molecule has 1 aromatic rings. The SMILES string of the molecule is COC(=O)[C@H](CC1CNc2ccccc21)NC(=O)OC(C)(C)C. The van der Waals surface area contributed by atoms with Crippen molar-refractivity contribution in [1.29, 1.82) is 0 Å². The largest absolute Gasteiger partial charge is 0.467 e. The van der Waals surface area contributed by atoms with E-state index < -0.39 is 23.7 Å². The fourth-order valence-electron chi connectivity index (χ4n) is 2.66. The zero-order valence-electron chi connectivity index (χ0n) is 14.0. The smallest absolute Gasteiger partial charge is 0.408 e. The van der Waals surface area contributed by atoms with Crippen LogP contribution in [0, 0.1) is 0 Å². The number of hydrogen-bond acceptors (Lipinski definition) is 5. The number of carbonyl (C=O) groups excluding carboxylic acids is 2. The van der Waals surface area contributed by atoms with Crippen LogP contribution in [0.15, 0.2) is 24.3 Å². The molecule has 2 rings (SSSR count). The highest BCUT2D eigenvalue weighted by molar-refractivity contribution is 5.81. The van der Waals surface area contributed by atoms with Gasteiger partial charge in [-0.05, 0) is 38.8 Å². The molecule has 6 heteroatoms. The van der Waals surface area contributed by atoms with Crippen molar-refractivity contribution in [3.8, 4) is 0 Å². The first-order chi connectivity index (χ1) is 10.8. The Hall–Kier alpha value is -2.24. The summed E-state index contributed by atoms with van der Waals surface area (Å²) in [5.41, 5.74) is 1.59. The van der Waals surface area contributed by atoms with Gasteiger partial charge in [0.1, 0.15) is 11.6 Å². The Morgan fingerprint density at radius 3 is 2.70 bits per heavy atom. The topological polar surface area (TPSA) is 76.7 Å². The lowest BCUT2D eigenvalue weighted by Gasteiger charge is -2.24. The second-order valence-electron chi connectivity index (χ2n) is 6.62. The monoisotopic (exact) mass is 320 g/mol. The molecule has 2 N–H and O–H groups in total. The number of rotatable bonds is 4. The molecule has 0 saturated carbocycles. The number of hydrogen-bond donors (Lipinski definition) is 2. The summed E-state index contributed by atoms with van der Waals surface area (Å²) in [4.78, 5) is 24.0. The quantitative estimate of drug-likeness (QED) is 0.834. The van der Waals surface area contributed by atoms with Crippen LogP contribution in [0.2, 0.25) is 0 Å². The maximum Gasteiger partial charge on any atom is 0.408 e. The number of fused-ring (bicyclic) bond motifs is 1. The van der Waals surface area contributed by atoms with Gasteiger partial charge in [0.05, 0.1) is 7.11 Å². The summed E-state index contributed by atoms with van der Waals surface area (Å²) in [6.07, 6.45) is -0.164. The normalized spacial score (nSPS) is 17.7. The Labute approximate surface area is 136 Å². The molecule has 1 amide bonds. The zero-order valence-corrected chi connectivity index (χ0v) is 14.0. The number of nitrogens with one attached hydrogen (secondary N) is 2. The van der Waals surface area contributed by atoms with Crippen LogP contribution in [-0.4, -0.2) is 37.4 Å². The molecule has 0 aliphatic carbocycles. The van der Waals surface area contributed by atoms with E-state index in [0.717, 1.165) is 17.8 Å². The standard InChI is InChI=1S/C17H24N2O4/c1-17(2,3)23-16(21)19-14(15(20)22-4)9-11-10-18-13-8-6-5-7-12(11)13/h5-8,11,14,18H,9-10H2,1-4H3,(H,19,21)/t11?,14-/m0/s1. The van der Waals surface area contributed by atoms with Crippen molar-refractivity contribution >= 4 is 17.7 Å². The van der Waals surface area contributed by atoms with Gasteiger partial charge in [-0.25, -0.2) is 9.59 Å². The molecule has 1 unspecified atom stereocenters. The first kappa shape index (κ1) is 17.1. The summed E-state index contributed by atoms with van der Waals surface area (Å²) in [6, 6.07) is 7.22. The van der Waals surface area contributed by atoms with Crippen LogP contribution < -0.4 is 10.6 Å². The fraction of sp³-hybridized carbons (Fsp3) is 0.529. The maximum absolute atomic E-state index is 12.0. The van der Waals surface area contributed by atoms with Crippen molar-refractivity contribution in [2.24, 2.45) is 0 Å². The molecule has 0 saturated heterocycles. The van der Waals surface area contributed by atoms with E-state index in [1.807, 2.05) is 24.3 Å². The molecule has 0 fully saturated rings. The van der Waals surface area contributed by atoms with E-state index in [0.29, 0.717) is 6.42 Å². The van der Waals surface area contributed by atoms with Gasteiger partial charge < -0.3 is 20.1 Å². The molecular formula is C17H24N2O4. The number of anilines is 1. The molecule has 0 spiro atoms. The number of para-hydroxylation sites is 1. The Morgan fingerprint density at radius 1 is 1.35 bits per heavy atom. The fourth-order valence-corrected chi connectivity index (χ4v) is 2.66. The van der Waals surface area contributed by atoms with Gasteiger partial charge in [0.25, 0.3) is 0 Å². The highest BCUT2D eigenvalue weighted by atomic mass is 16.6. The first-order valence-corrected chi connectivity index (χ1v) is 7.70. The number of amides is 1. The second-order valence-corrected chi connectivity index (χ2v) is 6.62. The number of carbonyl (C=O) groups is 2. The van der Waals surface area contributed by atoms with Gasteiger partial charge in [-0.3, -0.25) is 0 Å². The highest BCUT2D eigenvalue weighted by Gasteiger charge is 2.31. The van der Waals surface area contributed by atoms with Crippen LogP contribution in [0.25, 0.3) is 0 Å². The van der Waals surface area contributed by atoms with Crippen molar-refractivity contribution in [2.75, 3.05) is 19.0 Å². The molecule has 0 radical (unpaired) electrons. The van der Waals surface area contributed by atoms with E-state index in [1.54, 1.807) is 20.8 Å². The Morgan fingerprint density at radius 2 is 2.04 bits per heavy atom. The van der Waals surface area contributed by atoms with E-state index in [2.05, 4.69) is 10.6 Å². The minimum absolute atomic E-state index is 0.130. The number of methoxy groups -OCH3 is 1. The van der Waals surface area contributed by atoms with Crippen molar-refractivity contribution < 1.29 is 19.1 Å². The molecule has 6 nitrogen and oxygen atoms in total. The third kappa shape index (κ3) is 4.61.